The van der Waals surface area contributed by atoms with Crippen LogP contribution in [0.4, 0.5) is 16.3 Å². The minimum absolute atomic E-state index is 0.0135. The van der Waals surface area contributed by atoms with Gasteiger partial charge in [-0.1, -0.05) is 6.07 Å². The van der Waals surface area contributed by atoms with Gasteiger partial charge in [0.05, 0.1) is 16.8 Å². The molecule has 0 unspecified atom stereocenters. The zero-order valence-electron chi connectivity index (χ0n) is 25.5. The molecule has 246 valence electrons. The van der Waals surface area contributed by atoms with E-state index < -0.39 is 26.7 Å². The summed E-state index contributed by atoms with van der Waals surface area (Å²) in [7, 11) is -4.79. The van der Waals surface area contributed by atoms with Crippen molar-refractivity contribution in [2.24, 2.45) is 0 Å². The second kappa shape index (κ2) is 13.6. The molecule has 16 nitrogen and oxygen atoms in total. The molecular formula is C30H31N6O10P. The standard InChI is InChI=1S/C30H31N6O10P/c1-4-31-28(38)23-14-35-25(18(23)3)26(32-15-33-35)36(24-13-20(6-5-17(24)2)27(37)34-21-9-10-21)30(40)45-16-44-29(39)19-7-11-22(12-8-19)46-47(41,42)43/h5-8,11-15,21H,4,9-10,16H2,1-3H3,(H,31,38)(H,34,37)(H2,41,42,43). The monoisotopic (exact) mass is 666 g/mol. The number of hydrogen-bond acceptors (Lipinski definition) is 10. The van der Waals surface area contributed by atoms with Gasteiger partial charge in [-0.15, -0.1) is 0 Å². The van der Waals surface area contributed by atoms with Crippen molar-refractivity contribution >= 4 is 48.7 Å². The molecule has 0 saturated heterocycles. The molecule has 4 aromatic rings. The highest BCUT2D eigenvalue weighted by Crippen LogP contribution is 2.37. The average Bonchev–Trinajstić information content (AvgIpc) is 3.77. The smallest absolute Gasteiger partial charge is 0.424 e. The van der Waals surface area contributed by atoms with E-state index >= 15 is 0 Å². The van der Waals surface area contributed by atoms with E-state index in [1.165, 1.54) is 35.2 Å². The molecule has 17 heteroatoms. The van der Waals surface area contributed by atoms with E-state index in [4.69, 9.17) is 19.3 Å². The molecule has 3 amide bonds. The molecule has 1 fully saturated rings. The Hall–Kier alpha value is -5.31. The summed E-state index contributed by atoms with van der Waals surface area (Å²) in [5, 5.41) is 9.87. The highest BCUT2D eigenvalue weighted by Gasteiger charge is 2.30. The maximum absolute atomic E-state index is 13.8. The van der Waals surface area contributed by atoms with Crippen LogP contribution in [0.15, 0.2) is 55.0 Å². The van der Waals surface area contributed by atoms with Crippen LogP contribution in [0.3, 0.4) is 0 Å². The third-order valence-corrected chi connectivity index (χ3v) is 7.54. The van der Waals surface area contributed by atoms with Crippen LogP contribution in [-0.4, -0.2) is 67.6 Å². The summed E-state index contributed by atoms with van der Waals surface area (Å²) in [5.74, 6) is -1.71. The summed E-state index contributed by atoms with van der Waals surface area (Å²) < 4.78 is 27.4. The lowest BCUT2D eigenvalue weighted by Gasteiger charge is -2.24. The quantitative estimate of drug-likeness (QED) is 0.103. The Labute approximate surface area is 267 Å². The molecule has 0 radical (unpaired) electrons. The number of aromatic nitrogens is 3. The Balaban J connectivity index is 1.45. The van der Waals surface area contributed by atoms with Crippen molar-refractivity contribution in [1.29, 1.82) is 0 Å². The number of fused-ring (bicyclic) bond motifs is 1. The van der Waals surface area contributed by atoms with E-state index in [9.17, 15) is 23.7 Å². The van der Waals surface area contributed by atoms with E-state index in [0.29, 0.717) is 28.8 Å². The normalized spacial score (nSPS) is 12.7. The second-order valence-electron chi connectivity index (χ2n) is 10.6. The van der Waals surface area contributed by atoms with Gasteiger partial charge in [-0.3, -0.25) is 19.4 Å². The number of hydrogen-bond donors (Lipinski definition) is 4. The van der Waals surface area contributed by atoms with Gasteiger partial charge in [0.2, 0.25) is 6.79 Å². The van der Waals surface area contributed by atoms with E-state index in [0.717, 1.165) is 29.9 Å². The van der Waals surface area contributed by atoms with Gasteiger partial charge in [-0.05, 0) is 81.1 Å². The van der Waals surface area contributed by atoms with Gasteiger partial charge >= 0.3 is 19.9 Å². The van der Waals surface area contributed by atoms with Crippen LogP contribution >= 0.6 is 7.82 Å². The largest absolute Gasteiger partial charge is 0.524 e. The number of phosphoric ester groups is 1. The minimum Gasteiger partial charge on any atom is -0.424 e. The Morgan fingerprint density at radius 1 is 1.02 bits per heavy atom. The van der Waals surface area contributed by atoms with E-state index in [-0.39, 0.29) is 46.2 Å². The Kier molecular flexibility index (Phi) is 9.56. The molecular weight excluding hydrogens is 635 g/mol. The Bertz CT molecular complexity index is 1900. The van der Waals surface area contributed by atoms with Crippen molar-refractivity contribution in [1.82, 2.24) is 25.2 Å². The number of amides is 3. The van der Waals surface area contributed by atoms with Crippen LogP contribution in [-0.2, 0) is 14.0 Å². The number of ether oxygens (including phenoxy) is 2. The molecule has 4 N–H and O–H groups in total. The molecule has 1 saturated carbocycles. The zero-order valence-corrected chi connectivity index (χ0v) is 26.4. The second-order valence-corrected chi connectivity index (χ2v) is 11.7. The van der Waals surface area contributed by atoms with Crippen molar-refractivity contribution in [2.45, 2.75) is 39.7 Å². The topological polar surface area (TPSA) is 211 Å². The van der Waals surface area contributed by atoms with Crippen molar-refractivity contribution < 1.29 is 47.5 Å². The molecule has 0 atom stereocenters. The summed E-state index contributed by atoms with van der Waals surface area (Å²) in [5.41, 5.74) is 2.18. The molecule has 0 bridgehead atoms. The number of carbonyl (C=O) groups excluding carboxylic acids is 4. The SMILES string of the molecule is CCNC(=O)c1cn2ncnc(N(C(=O)OCOC(=O)c3ccc(OP(=O)(O)O)cc3)c3cc(C(=O)NC4CC4)ccc3C)c2c1C. The third kappa shape index (κ3) is 7.74. The van der Waals surface area contributed by atoms with Gasteiger partial charge in [0, 0.05) is 24.3 Å². The fourth-order valence-electron chi connectivity index (χ4n) is 4.65. The number of esters is 1. The van der Waals surface area contributed by atoms with Gasteiger partial charge in [0.15, 0.2) is 5.82 Å². The van der Waals surface area contributed by atoms with Crippen LogP contribution in [0, 0.1) is 13.8 Å². The number of aryl methyl sites for hydroxylation is 2. The molecule has 0 aliphatic heterocycles. The van der Waals surface area contributed by atoms with E-state index in [2.05, 4.69) is 25.2 Å². The van der Waals surface area contributed by atoms with Crippen molar-refractivity contribution in [3.8, 4) is 5.75 Å². The zero-order chi connectivity index (χ0) is 33.9. The molecule has 2 aromatic heterocycles. The molecule has 2 heterocycles. The predicted molar refractivity (Wildman–Crippen MR) is 165 cm³/mol. The number of benzene rings is 2. The fraction of sp³-hybridized carbons (Fsp3) is 0.267. The highest BCUT2D eigenvalue weighted by atomic mass is 31.2. The first-order chi connectivity index (χ1) is 22.4. The Morgan fingerprint density at radius 2 is 1.72 bits per heavy atom. The van der Waals surface area contributed by atoms with E-state index in [1.54, 1.807) is 32.9 Å². The Morgan fingerprint density at radius 3 is 2.38 bits per heavy atom. The molecule has 1 aliphatic rings. The van der Waals surface area contributed by atoms with Gasteiger partial charge in [0.25, 0.3) is 11.8 Å². The van der Waals surface area contributed by atoms with E-state index in [1.807, 2.05) is 0 Å². The third-order valence-electron chi connectivity index (χ3n) is 7.10. The van der Waals surface area contributed by atoms with Crippen molar-refractivity contribution in [2.75, 3.05) is 18.2 Å². The van der Waals surface area contributed by atoms with Crippen LogP contribution in [0.5, 0.6) is 5.75 Å². The van der Waals surface area contributed by atoms with Crippen LogP contribution in [0.2, 0.25) is 0 Å². The van der Waals surface area contributed by atoms with Gasteiger partial charge < -0.3 is 24.6 Å². The number of nitrogens with one attached hydrogen (secondary N) is 2. The van der Waals surface area contributed by atoms with Gasteiger partial charge in [-0.2, -0.15) is 5.10 Å². The van der Waals surface area contributed by atoms with Crippen LogP contribution in [0.1, 0.15) is 62.0 Å². The molecule has 2 aromatic carbocycles. The number of phosphoric acid groups is 1. The van der Waals surface area contributed by atoms with Crippen molar-refractivity contribution in [3.63, 3.8) is 0 Å². The lowest BCUT2D eigenvalue weighted by atomic mass is 10.1. The number of anilines is 2. The molecule has 5 rings (SSSR count). The van der Waals surface area contributed by atoms with Gasteiger partial charge in [0.1, 0.15) is 17.6 Å². The van der Waals surface area contributed by atoms with Crippen LogP contribution < -0.4 is 20.1 Å². The maximum Gasteiger partial charge on any atom is 0.524 e. The number of rotatable bonds is 11. The van der Waals surface area contributed by atoms with Crippen molar-refractivity contribution in [3.05, 3.63) is 82.8 Å². The summed E-state index contributed by atoms with van der Waals surface area (Å²) >= 11 is 0. The van der Waals surface area contributed by atoms with Gasteiger partial charge in [-0.25, -0.2) is 28.6 Å². The number of carbonyl (C=O) groups is 4. The first kappa shape index (κ1) is 33.1. The first-order valence-corrected chi connectivity index (χ1v) is 15.9. The lowest BCUT2D eigenvalue weighted by Crippen LogP contribution is -2.31. The minimum atomic E-state index is -4.79. The summed E-state index contributed by atoms with van der Waals surface area (Å²) in [6.45, 7) is 4.74. The summed E-state index contributed by atoms with van der Waals surface area (Å²) in [6.07, 6.45) is 3.45. The average molecular weight is 667 g/mol. The highest BCUT2D eigenvalue weighted by molar-refractivity contribution is 7.46. The summed E-state index contributed by atoms with van der Waals surface area (Å²) in [6, 6.07) is 9.65. The first-order valence-electron chi connectivity index (χ1n) is 14.4. The predicted octanol–water partition coefficient (Wildman–Crippen LogP) is 3.55. The lowest BCUT2D eigenvalue weighted by molar-refractivity contribution is -0.0000790. The van der Waals surface area contributed by atoms with Crippen LogP contribution in [0.25, 0.3) is 5.52 Å². The molecule has 1 aliphatic carbocycles. The maximum atomic E-state index is 13.8. The molecule has 47 heavy (non-hydrogen) atoms. The summed E-state index contributed by atoms with van der Waals surface area (Å²) in [4.78, 5) is 75.5. The fourth-order valence-corrected chi connectivity index (χ4v) is 5.04. The number of nitrogens with zero attached hydrogens (tertiary/aromatic N) is 4. The molecule has 0 spiro atoms.